The SMILES string of the molecule is C[Se]CC(N)C(=O)O.NC(=O)CCC(N)C(=O)O. The van der Waals surface area contributed by atoms with Crippen LogP contribution in [0.4, 0.5) is 0 Å². The zero-order valence-corrected chi connectivity index (χ0v) is 11.7. The van der Waals surface area contributed by atoms with Crippen LogP contribution in [0.5, 0.6) is 0 Å². The summed E-state index contributed by atoms with van der Waals surface area (Å²) in [6.07, 6.45) is 0.123. The second-order valence-electron chi connectivity index (χ2n) is 3.35. The summed E-state index contributed by atoms with van der Waals surface area (Å²) >= 11 is 0.373. The molecule has 106 valence electrons. The van der Waals surface area contributed by atoms with Crippen molar-refractivity contribution >= 4 is 32.8 Å². The van der Waals surface area contributed by atoms with E-state index in [2.05, 4.69) is 0 Å². The molecule has 0 radical (unpaired) electrons. The van der Waals surface area contributed by atoms with Gasteiger partial charge in [0, 0.05) is 6.42 Å². The molecule has 0 rings (SSSR count). The summed E-state index contributed by atoms with van der Waals surface area (Å²) in [5.41, 5.74) is 15.0. The number of primary amides is 1. The summed E-state index contributed by atoms with van der Waals surface area (Å²) in [7, 11) is 0. The Labute approximate surface area is 111 Å². The second-order valence-corrected chi connectivity index (χ2v) is 5.26. The molecule has 2 atom stereocenters. The number of carboxylic acids is 2. The van der Waals surface area contributed by atoms with Crippen molar-refractivity contribution in [3.05, 3.63) is 0 Å². The number of amides is 1. The third-order valence-corrected chi connectivity index (χ3v) is 3.14. The number of carbonyl (C=O) groups excluding carboxylic acids is 1. The van der Waals surface area contributed by atoms with E-state index in [9.17, 15) is 14.4 Å². The molecule has 18 heavy (non-hydrogen) atoms. The van der Waals surface area contributed by atoms with Crippen LogP contribution in [0.3, 0.4) is 0 Å². The maximum Gasteiger partial charge on any atom is 0.320 e. The van der Waals surface area contributed by atoms with Crippen molar-refractivity contribution in [1.29, 1.82) is 0 Å². The van der Waals surface area contributed by atoms with Crippen LogP contribution >= 0.6 is 0 Å². The van der Waals surface area contributed by atoms with Crippen LogP contribution in [0.25, 0.3) is 0 Å². The number of hydrogen-bond acceptors (Lipinski definition) is 5. The second kappa shape index (κ2) is 11.0. The molecule has 0 aromatic rings. The molecule has 0 aromatic heterocycles. The minimum Gasteiger partial charge on any atom is -0.480 e. The van der Waals surface area contributed by atoms with E-state index in [4.69, 9.17) is 27.4 Å². The third kappa shape index (κ3) is 12.9. The first-order valence-electron chi connectivity index (χ1n) is 4.96. The summed E-state index contributed by atoms with van der Waals surface area (Å²) in [6, 6.07) is -1.62. The van der Waals surface area contributed by atoms with E-state index in [1.54, 1.807) is 0 Å². The summed E-state index contributed by atoms with van der Waals surface area (Å²) in [5, 5.41) is 17.0. The smallest absolute Gasteiger partial charge is 0.320 e. The topological polar surface area (TPSA) is 170 Å². The van der Waals surface area contributed by atoms with Crippen LogP contribution < -0.4 is 17.2 Å². The largest absolute Gasteiger partial charge is 0.480 e. The normalized spacial score (nSPS) is 12.8. The molecule has 0 heterocycles. The van der Waals surface area contributed by atoms with Gasteiger partial charge in [0.05, 0.1) is 0 Å². The monoisotopic (exact) mass is 329 g/mol. The average molecular weight is 328 g/mol. The first-order valence-corrected chi connectivity index (χ1v) is 7.88. The molecule has 0 saturated carbocycles. The molecule has 0 aliphatic carbocycles. The zero-order chi connectivity index (χ0) is 14.7. The van der Waals surface area contributed by atoms with E-state index >= 15 is 0 Å². The van der Waals surface area contributed by atoms with Crippen LogP contribution in [0, 0.1) is 0 Å². The maximum atomic E-state index is 10.1. The fraction of sp³-hybridized carbons (Fsp3) is 0.667. The van der Waals surface area contributed by atoms with Crippen LogP contribution in [0.15, 0.2) is 0 Å². The molecular formula is C9H19N3O5Se. The molecule has 2 unspecified atom stereocenters. The van der Waals surface area contributed by atoms with E-state index in [1.165, 1.54) is 0 Å². The van der Waals surface area contributed by atoms with Gasteiger partial charge in [0.15, 0.2) is 0 Å². The van der Waals surface area contributed by atoms with E-state index < -0.39 is 29.9 Å². The van der Waals surface area contributed by atoms with Gasteiger partial charge >= 0.3 is 59.7 Å². The van der Waals surface area contributed by atoms with E-state index in [1.807, 2.05) is 5.82 Å². The molecule has 0 fully saturated rings. The van der Waals surface area contributed by atoms with Crippen LogP contribution in [0.2, 0.25) is 11.1 Å². The fourth-order valence-electron chi connectivity index (χ4n) is 0.672. The van der Waals surface area contributed by atoms with Gasteiger partial charge in [0.25, 0.3) is 0 Å². The zero-order valence-electron chi connectivity index (χ0n) is 10.0. The average Bonchev–Trinajstić information content (AvgIpc) is 2.26. The van der Waals surface area contributed by atoms with Gasteiger partial charge in [-0.15, -0.1) is 0 Å². The number of hydrogen-bond donors (Lipinski definition) is 5. The molecule has 8 nitrogen and oxygen atoms in total. The number of aliphatic carboxylic acids is 2. The standard InChI is InChI=1S/C5H10N2O3.C4H9NO2Se/c6-3(5(9)10)1-2-4(7)8;1-8-2-3(5)4(6)7/h3H,1-2,6H2,(H2,7,8)(H,9,10);3H,2,5H2,1H3,(H,6,7). The van der Waals surface area contributed by atoms with Crippen molar-refractivity contribution in [1.82, 2.24) is 0 Å². The molecule has 0 spiro atoms. The molecule has 8 N–H and O–H groups in total. The van der Waals surface area contributed by atoms with Crippen molar-refractivity contribution in [3.63, 3.8) is 0 Å². The Morgan fingerprint density at radius 2 is 1.56 bits per heavy atom. The third-order valence-electron chi connectivity index (χ3n) is 1.68. The van der Waals surface area contributed by atoms with Crippen molar-refractivity contribution < 1.29 is 24.6 Å². The minimum atomic E-state index is -1.11. The van der Waals surface area contributed by atoms with Gasteiger partial charge in [-0.3, -0.25) is 9.59 Å². The van der Waals surface area contributed by atoms with E-state index in [0.717, 1.165) is 0 Å². The van der Waals surface area contributed by atoms with Crippen LogP contribution in [-0.2, 0) is 14.4 Å². The predicted molar refractivity (Wildman–Crippen MR) is 66.1 cm³/mol. The molecule has 9 heteroatoms. The number of carbonyl (C=O) groups is 3. The first kappa shape index (κ1) is 19.2. The Bertz CT molecular complexity index is 287. The van der Waals surface area contributed by atoms with Gasteiger partial charge in [0.1, 0.15) is 6.04 Å². The number of carboxylic acid groups (broad SMARTS) is 2. The van der Waals surface area contributed by atoms with Crippen LogP contribution in [-0.4, -0.2) is 55.1 Å². The van der Waals surface area contributed by atoms with Crippen molar-refractivity contribution in [2.45, 2.75) is 36.1 Å². The molecule has 0 saturated heterocycles. The van der Waals surface area contributed by atoms with Crippen LogP contribution in [0.1, 0.15) is 12.8 Å². The van der Waals surface area contributed by atoms with Gasteiger partial charge in [0.2, 0.25) is 5.91 Å². The summed E-state index contributed by atoms with van der Waals surface area (Å²) < 4.78 is 0. The Balaban J connectivity index is 0. The van der Waals surface area contributed by atoms with E-state index in [-0.39, 0.29) is 12.8 Å². The number of rotatable bonds is 7. The quantitative estimate of drug-likeness (QED) is 0.344. The summed E-state index contributed by atoms with van der Waals surface area (Å²) in [6.45, 7) is 0. The van der Waals surface area contributed by atoms with Gasteiger partial charge in [-0.1, -0.05) is 0 Å². The summed E-state index contributed by atoms with van der Waals surface area (Å²) in [5.74, 6) is -0.567. The Morgan fingerprint density at radius 1 is 1.11 bits per heavy atom. The predicted octanol–water partition coefficient (Wildman–Crippen LogP) is -1.77. The van der Waals surface area contributed by atoms with Gasteiger partial charge in [-0.2, -0.15) is 0 Å². The van der Waals surface area contributed by atoms with Gasteiger partial charge < -0.3 is 16.6 Å². The first-order chi connectivity index (χ1) is 8.22. The van der Waals surface area contributed by atoms with Crippen molar-refractivity contribution in [2.75, 3.05) is 0 Å². The Kier molecular flexibility index (Phi) is 11.7. The minimum absolute atomic E-state index is 0.0213. The Hall–Kier alpha value is -1.15. The molecule has 0 aromatic carbocycles. The van der Waals surface area contributed by atoms with Gasteiger partial charge in [-0.25, -0.2) is 0 Å². The maximum absolute atomic E-state index is 10.1. The Morgan fingerprint density at radius 3 is 1.78 bits per heavy atom. The molecular weight excluding hydrogens is 309 g/mol. The molecule has 0 bridgehead atoms. The number of nitrogens with two attached hydrogens (primary N) is 3. The van der Waals surface area contributed by atoms with E-state index in [0.29, 0.717) is 20.3 Å². The van der Waals surface area contributed by atoms with Gasteiger partial charge in [-0.05, 0) is 6.42 Å². The molecule has 1 amide bonds. The van der Waals surface area contributed by atoms with Crippen molar-refractivity contribution in [2.24, 2.45) is 17.2 Å². The molecule has 0 aliphatic heterocycles. The van der Waals surface area contributed by atoms with Crippen molar-refractivity contribution in [3.8, 4) is 0 Å². The fourth-order valence-corrected chi connectivity index (χ4v) is 1.72. The summed E-state index contributed by atoms with van der Waals surface area (Å²) in [4.78, 5) is 30.1. The molecule has 0 aliphatic rings.